The molecule has 0 aliphatic carbocycles. The van der Waals surface area contributed by atoms with Crippen LogP contribution in [0.5, 0.6) is 0 Å². The maximum absolute atomic E-state index is 5.83. The Morgan fingerprint density at radius 2 is 0.630 bits per heavy atom. The molecule has 0 fully saturated rings. The van der Waals surface area contributed by atoms with Gasteiger partial charge in [-0.15, -0.1) is 0 Å². The Kier molecular flexibility index (Phi) is 8.31. The van der Waals surface area contributed by atoms with Crippen molar-refractivity contribution in [2.75, 3.05) is 0 Å². The Hall–Kier alpha value is -11.2. The molecule has 0 amide bonds. The van der Waals surface area contributed by atoms with Crippen molar-refractivity contribution in [1.82, 2.24) is 59.8 Å². The van der Waals surface area contributed by atoms with Gasteiger partial charge in [0.15, 0.2) is 0 Å². The molecule has 1 atom stereocenters. The fourth-order valence-corrected chi connectivity index (χ4v) is 13.1. The van der Waals surface area contributed by atoms with Gasteiger partial charge in [0, 0.05) is 88.6 Å². The number of rotatable bonds is 3. The average Bonchev–Trinajstić information content (AvgIpc) is 4.14. The summed E-state index contributed by atoms with van der Waals surface area (Å²) < 4.78 is 0. The second kappa shape index (κ2) is 15.7. The largest absolute Gasteiger partial charge is 0.358 e. The Balaban J connectivity index is 1.08. The van der Waals surface area contributed by atoms with E-state index in [2.05, 4.69) is 208 Å². The van der Waals surface area contributed by atoms with Crippen LogP contribution in [-0.2, 0) is 0 Å². The summed E-state index contributed by atoms with van der Waals surface area (Å²) in [7, 11) is 0. The Morgan fingerprint density at radius 3 is 1.12 bits per heavy atom. The first-order valence-corrected chi connectivity index (χ1v) is 27.1. The summed E-state index contributed by atoms with van der Waals surface area (Å²) in [5.74, 6) is -0.169. The number of hydrogen-bond donors (Lipinski definition) is 4. The second-order valence-electron chi connectivity index (χ2n) is 21.3. The molecule has 12 nitrogen and oxygen atoms in total. The van der Waals surface area contributed by atoms with Crippen LogP contribution in [0.4, 0.5) is 0 Å². The van der Waals surface area contributed by atoms with E-state index in [-0.39, 0.29) is 5.92 Å². The number of aromatic nitrogens is 12. The van der Waals surface area contributed by atoms with Crippen LogP contribution in [0.3, 0.4) is 0 Å². The van der Waals surface area contributed by atoms with Gasteiger partial charge in [0.05, 0.1) is 61.8 Å². The van der Waals surface area contributed by atoms with Crippen LogP contribution in [0.25, 0.3) is 179 Å². The molecule has 19 rings (SSSR count). The van der Waals surface area contributed by atoms with Crippen molar-refractivity contribution in [3.63, 3.8) is 0 Å². The molecule has 24 bridgehead atoms. The fraction of sp³-hybridized carbons (Fsp3) is 0.0145. The average molecular weight is 1040 g/mol. The van der Waals surface area contributed by atoms with E-state index in [1.165, 1.54) is 0 Å². The van der Waals surface area contributed by atoms with E-state index >= 15 is 0 Å². The highest BCUT2D eigenvalue weighted by Crippen LogP contribution is 2.44. The summed E-state index contributed by atoms with van der Waals surface area (Å²) in [6.07, 6.45) is 8.40. The van der Waals surface area contributed by atoms with Gasteiger partial charge >= 0.3 is 0 Å². The van der Waals surface area contributed by atoms with E-state index in [4.69, 9.17) is 39.9 Å². The minimum Gasteiger partial charge on any atom is -0.358 e. The topological polar surface area (TPSA) is 166 Å². The number of fused-ring (bicyclic) bond motifs is 18. The first-order valence-electron chi connectivity index (χ1n) is 27.1. The number of aromatic amines is 4. The SMILES string of the molecule is C1=Cc2nc1c(-c1ccccc1)c1ccc([nH]1)c1ccc3c4nc5c6nc7c(ccc8c9nc(c(-c%10ccccc%10)c%10ccc([nH]%10)c%10ccc2c2nc(c5nc41)c(nc%102)c6nc87)C=C9)-c1ccc([nH]1)[C@@H](c1ccccc1)c1ccc-3[nH]1. The summed E-state index contributed by atoms with van der Waals surface area (Å²) >= 11 is 0. The summed E-state index contributed by atoms with van der Waals surface area (Å²) in [4.78, 5) is 61.5. The van der Waals surface area contributed by atoms with E-state index in [1.54, 1.807) is 0 Å². The smallest absolute Gasteiger partial charge is 0.120 e. The van der Waals surface area contributed by atoms with Crippen molar-refractivity contribution in [3.8, 4) is 44.8 Å². The highest BCUT2D eigenvalue weighted by Gasteiger charge is 2.28. The second-order valence-corrected chi connectivity index (χ2v) is 21.3. The first-order chi connectivity index (χ1) is 40.1. The summed E-state index contributed by atoms with van der Waals surface area (Å²) in [6.45, 7) is 0. The summed E-state index contributed by atoms with van der Waals surface area (Å²) in [5.41, 5.74) is 24.9. The van der Waals surface area contributed by atoms with Gasteiger partial charge in [-0.1, -0.05) is 91.0 Å². The van der Waals surface area contributed by atoms with Gasteiger partial charge in [-0.05, 0) is 126 Å². The van der Waals surface area contributed by atoms with Gasteiger partial charge in [0.25, 0.3) is 0 Å². The lowest BCUT2D eigenvalue weighted by atomic mass is 9.93. The van der Waals surface area contributed by atoms with E-state index in [0.717, 1.165) is 128 Å². The molecule has 7 aromatic carbocycles. The molecule has 4 N–H and O–H groups in total. The van der Waals surface area contributed by atoms with Gasteiger partial charge in [-0.3, -0.25) is 0 Å². The maximum Gasteiger partial charge on any atom is 0.120 e. The molecule has 0 radical (unpaired) electrons. The van der Waals surface area contributed by atoms with Gasteiger partial charge in [0.2, 0.25) is 0 Å². The number of benzene rings is 7. The molecule has 0 saturated heterocycles. The van der Waals surface area contributed by atoms with E-state index in [9.17, 15) is 0 Å². The lowest BCUT2D eigenvalue weighted by Gasteiger charge is -2.16. The third-order valence-corrected chi connectivity index (χ3v) is 16.9. The van der Waals surface area contributed by atoms with Crippen LogP contribution in [-0.4, -0.2) is 59.8 Å². The van der Waals surface area contributed by atoms with Crippen LogP contribution >= 0.6 is 0 Å². The predicted molar refractivity (Wildman–Crippen MR) is 326 cm³/mol. The summed E-state index contributed by atoms with van der Waals surface area (Å²) in [6, 6.07) is 61.7. The molecule has 3 aliphatic heterocycles. The van der Waals surface area contributed by atoms with Crippen molar-refractivity contribution in [2.45, 2.75) is 5.92 Å². The number of nitrogens with zero attached hydrogens (tertiary/aromatic N) is 8. The molecule has 81 heavy (non-hydrogen) atoms. The Bertz CT molecular complexity index is 5650. The molecular formula is C69H38N12. The molecule has 0 unspecified atom stereocenters. The third-order valence-electron chi connectivity index (χ3n) is 16.9. The van der Waals surface area contributed by atoms with Crippen LogP contribution in [0, 0.1) is 0 Å². The molecule has 0 spiro atoms. The quantitative estimate of drug-likeness (QED) is 0.100. The Labute approximate surface area is 458 Å². The molecule has 16 aromatic rings. The zero-order chi connectivity index (χ0) is 52.6. The molecule has 3 aliphatic rings. The summed E-state index contributed by atoms with van der Waals surface area (Å²) in [5, 5.41) is 3.39. The maximum atomic E-state index is 5.83. The lowest BCUT2D eigenvalue weighted by Crippen LogP contribution is -2.04. The van der Waals surface area contributed by atoms with Crippen LogP contribution in [0.1, 0.15) is 45.6 Å². The van der Waals surface area contributed by atoms with Gasteiger partial charge in [-0.2, -0.15) is 0 Å². The zero-order valence-electron chi connectivity index (χ0n) is 42.7. The van der Waals surface area contributed by atoms with Gasteiger partial charge in [0.1, 0.15) is 33.1 Å². The van der Waals surface area contributed by atoms with E-state index in [1.807, 2.05) is 12.1 Å². The molecule has 9 aromatic heterocycles. The highest BCUT2D eigenvalue weighted by molar-refractivity contribution is 6.25. The van der Waals surface area contributed by atoms with Crippen molar-refractivity contribution in [2.24, 2.45) is 0 Å². The first kappa shape index (κ1) is 42.8. The van der Waals surface area contributed by atoms with E-state index < -0.39 is 0 Å². The lowest BCUT2D eigenvalue weighted by molar-refractivity contribution is 0.900. The highest BCUT2D eigenvalue weighted by atomic mass is 14.9. The van der Waals surface area contributed by atoms with Gasteiger partial charge in [-0.25, -0.2) is 39.9 Å². The monoisotopic (exact) mass is 1030 g/mol. The fourth-order valence-electron chi connectivity index (χ4n) is 13.1. The minimum atomic E-state index is -0.169. The van der Waals surface area contributed by atoms with Crippen molar-refractivity contribution < 1.29 is 0 Å². The van der Waals surface area contributed by atoms with Gasteiger partial charge < -0.3 is 19.9 Å². The van der Waals surface area contributed by atoms with Crippen LogP contribution < -0.4 is 0 Å². The van der Waals surface area contributed by atoms with Crippen molar-refractivity contribution in [3.05, 3.63) is 216 Å². The van der Waals surface area contributed by atoms with Crippen molar-refractivity contribution in [1.29, 1.82) is 0 Å². The van der Waals surface area contributed by atoms with Crippen molar-refractivity contribution >= 4 is 134 Å². The Morgan fingerprint density at radius 1 is 0.259 bits per heavy atom. The molecular weight excluding hydrogens is 997 g/mol. The molecule has 0 saturated carbocycles. The normalized spacial score (nSPS) is 14.0. The third kappa shape index (κ3) is 6.01. The van der Waals surface area contributed by atoms with Crippen LogP contribution in [0.15, 0.2) is 176 Å². The number of H-pyrrole nitrogens is 4. The molecule has 12 heteroatoms. The van der Waals surface area contributed by atoms with Crippen LogP contribution in [0.2, 0.25) is 0 Å². The molecule has 12 heterocycles. The number of hydrogen-bond acceptors (Lipinski definition) is 8. The minimum absolute atomic E-state index is 0.169. The number of nitrogens with one attached hydrogen (secondary N) is 4. The predicted octanol–water partition coefficient (Wildman–Crippen LogP) is 15.9. The standard InChI is InChI=1S/C69H38N12/c1-4-10-34(11-5-1)55-49-28-22-43(70-49)37-16-18-39-45-24-30-51(72-45)56(35-12-6-2-7-13-35)53-32-26-47(74-53)41-20-21-42-48-27-33-54(75-48)57(36-14-8-3-9-15-36)52-31-25-46(73-52)40-19-17-38(44-23-29-50(55)71-44)59-61(40)79-67-65(77-59)64-66(78-60(39)58(37)76-64)68-69(67)81-63(42)62(41)80-68/h1-33,55,70-72,75H/t55-/m0/s1. The zero-order valence-corrected chi connectivity index (χ0v) is 42.7. The molecule has 374 valence electrons. The van der Waals surface area contributed by atoms with E-state index in [0.29, 0.717) is 66.2 Å².